The summed E-state index contributed by atoms with van der Waals surface area (Å²) in [7, 11) is -3.65. The summed E-state index contributed by atoms with van der Waals surface area (Å²) in [4.78, 5) is 0. The zero-order valence-corrected chi connectivity index (χ0v) is 10.7. The fourth-order valence-electron chi connectivity index (χ4n) is 1.42. The molecule has 6 nitrogen and oxygen atoms in total. The van der Waals surface area contributed by atoms with E-state index in [0.29, 0.717) is 11.3 Å². The van der Waals surface area contributed by atoms with Crippen molar-refractivity contribution in [1.82, 2.24) is 10.2 Å². The van der Waals surface area contributed by atoms with Crippen molar-refractivity contribution in [2.75, 3.05) is 11.3 Å². The molecule has 1 aromatic heterocycles. The fraction of sp³-hybridized carbons (Fsp3) is 0.0833. The SMILES string of the molecule is NCC#Cc1cccc(NS(=O)(=O)c2ccn[nH]2)c1. The summed E-state index contributed by atoms with van der Waals surface area (Å²) < 4.78 is 26.3. The van der Waals surface area contributed by atoms with Crippen LogP contribution in [0.25, 0.3) is 0 Å². The molecule has 7 heteroatoms. The van der Waals surface area contributed by atoms with Gasteiger partial charge in [-0.25, -0.2) is 0 Å². The minimum atomic E-state index is -3.65. The summed E-state index contributed by atoms with van der Waals surface area (Å²) in [6.45, 7) is 0.254. The predicted octanol–water partition coefficient (Wildman–Crippen LogP) is 0.521. The molecule has 1 heterocycles. The number of H-pyrrole nitrogens is 1. The summed E-state index contributed by atoms with van der Waals surface area (Å²) in [5, 5.41) is 6.01. The maximum atomic E-state index is 11.9. The Kier molecular flexibility index (Phi) is 3.85. The van der Waals surface area contributed by atoms with E-state index in [1.807, 2.05) is 0 Å². The highest BCUT2D eigenvalue weighted by molar-refractivity contribution is 7.92. The first-order chi connectivity index (χ1) is 9.12. The first-order valence-electron chi connectivity index (χ1n) is 5.43. The van der Waals surface area contributed by atoms with E-state index >= 15 is 0 Å². The van der Waals surface area contributed by atoms with E-state index in [-0.39, 0.29) is 11.6 Å². The Morgan fingerprint density at radius 3 is 2.89 bits per heavy atom. The van der Waals surface area contributed by atoms with Gasteiger partial charge in [0.2, 0.25) is 0 Å². The van der Waals surface area contributed by atoms with Crippen molar-refractivity contribution in [3.8, 4) is 11.8 Å². The molecule has 0 unspecified atom stereocenters. The molecule has 0 amide bonds. The van der Waals surface area contributed by atoms with Crippen LogP contribution in [0.4, 0.5) is 5.69 Å². The van der Waals surface area contributed by atoms with Crippen LogP contribution in [0.1, 0.15) is 5.56 Å². The monoisotopic (exact) mass is 276 g/mol. The second kappa shape index (κ2) is 5.56. The van der Waals surface area contributed by atoms with E-state index in [2.05, 4.69) is 26.8 Å². The van der Waals surface area contributed by atoms with Gasteiger partial charge in [0.15, 0.2) is 5.03 Å². The highest BCUT2D eigenvalue weighted by Crippen LogP contribution is 2.15. The lowest BCUT2D eigenvalue weighted by Gasteiger charge is -2.06. The lowest BCUT2D eigenvalue weighted by atomic mass is 10.2. The molecule has 0 saturated heterocycles. The van der Waals surface area contributed by atoms with Crippen molar-refractivity contribution >= 4 is 15.7 Å². The van der Waals surface area contributed by atoms with Gasteiger partial charge in [-0.05, 0) is 24.3 Å². The molecule has 0 aliphatic carbocycles. The van der Waals surface area contributed by atoms with Gasteiger partial charge in [0.1, 0.15) is 0 Å². The highest BCUT2D eigenvalue weighted by atomic mass is 32.2. The Labute approximate surface area is 111 Å². The number of anilines is 1. The zero-order chi connectivity index (χ0) is 13.7. The minimum absolute atomic E-state index is 0.00551. The molecule has 2 aromatic rings. The molecule has 0 saturated carbocycles. The third-order valence-electron chi connectivity index (χ3n) is 2.21. The molecular weight excluding hydrogens is 264 g/mol. The number of aromatic amines is 1. The van der Waals surface area contributed by atoms with Gasteiger partial charge in [-0.15, -0.1) is 0 Å². The van der Waals surface area contributed by atoms with Gasteiger partial charge < -0.3 is 5.73 Å². The minimum Gasteiger partial charge on any atom is -0.320 e. The lowest BCUT2D eigenvalue weighted by molar-refractivity contribution is 0.597. The first-order valence-corrected chi connectivity index (χ1v) is 6.91. The van der Waals surface area contributed by atoms with Crippen LogP contribution < -0.4 is 10.5 Å². The number of rotatable bonds is 3. The van der Waals surface area contributed by atoms with E-state index < -0.39 is 10.0 Å². The maximum absolute atomic E-state index is 11.9. The van der Waals surface area contributed by atoms with E-state index in [0.717, 1.165) is 0 Å². The lowest BCUT2D eigenvalue weighted by Crippen LogP contribution is -2.13. The van der Waals surface area contributed by atoms with Crippen molar-refractivity contribution in [2.45, 2.75) is 5.03 Å². The molecule has 0 radical (unpaired) electrons. The van der Waals surface area contributed by atoms with Crippen LogP contribution in [-0.4, -0.2) is 25.2 Å². The zero-order valence-electron chi connectivity index (χ0n) is 9.92. The van der Waals surface area contributed by atoms with Crippen LogP contribution >= 0.6 is 0 Å². The van der Waals surface area contributed by atoms with Gasteiger partial charge in [-0.2, -0.15) is 13.5 Å². The van der Waals surface area contributed by atoms with Crippen LogP contribution in [0.5, 0.6) is 0 Å². The summed E-state index contributed by atoms with van der Waals surface area (Å²) in [6.07, 6.45) is 1.37. The normalized spacial score (nSPS) is 10.6. The molecule has 0 spiro atoms. The number of nitrogens with one attached hydrogen (secondary N) is 2. The van der Waals surface area contributed by atoms with Crippen molar-refractivity contribution in [1.29, 1.82) is 0 Å². The van der Waals surface area contributed by atoms with Gasteiger partial charge in [0.05, 0.1) is 18.4 Å². The smallest absolute Gasteiger partial charge is 0.278 e. The topological polar surface area (TPSA) is 101 Å². The molecule has 0 bridgehead atoms. The number of aromatic nitrogens is 2. The number of benzene rings is 1. The van der Waals surface area contributed by atoms with Gasteiger partial charge in [0, 0.05) is 5.56 Å². The summed E-state index contributed by atoms with van der Waals surface area (Å²) >= 11 is 0. The highest BCUT2D eigenvalue weighted by Gasteiger charge is 2.15. The quantitative estimate of drug-likeness (QED) is 0.711. The molecule has 2 rings (SSSR count). The number of nitrogens with zero attached hydrogens (tertiary/aromatic N) is 1. The van der Waals surface area contributed by atoms with Crippen LogP contribution in [0, 0.1) is 11.8 Å². The number of hydrogen-bond acceptors (Lipinski definition) is 4. The van der Waals surface area contributed by atoms with Gasteiger partial charge in [-0.1, -0.05) is 17.9 Å². The average molecular weight is 276 g/mol. The number of nitrogens with two attached hydrogens (primary N) is 1. The van der Waals surface area contributed by atoms with E-state index in [4.69, 9.17) is 5.73 Å². The third kappa shape index (κ3) is 3.34. The molecule has 19 heavy (non-hydrogen) atoms. The molecule has 0 aliphatic rings. The third-order valence-corrected chi connectivity index (χ3v) is 3.53. The van der Waals surface area contributed by atoms with Crippen molar-refractivity contribution in [3.05, 3.63) is 42.1 Å². The molecule has 1 aromatic carbocycles. The summed E-state index contributed by atoms with van der Waals surface area (Å²) in [5.74, 6) is 5.54. The second-order valence-corrected chi connectivity index (χ2v) is 5.26. The number of sulfonamides is 1. The Balaban J connectivity index is 2.25. The summed E-state index contributed by atoms with van der Waals surface area (Å²) in [5.41, 5.74) is 6.40. The fourth-order valence-corrected chi connectivity index (χ4v) is 2.38. The molecular formula is C12H12N4O2S. The standard InChI is InChI=1S/C12H12N4O2S/c13-7-2-4-10-3-1-5-11(9-10)16-19(17,18)12-6-8-14-15-12/h1,3,5-6,8-9,16H,7,13H2,(H,14,15). The Hall–Kier alpha value is -2.30. The second-order valence-electron chi connectivity index (χ2n) is 3.61. The molecule has 0 fully saturated rings. The summed E-state index contributed by atoms with van der Waals surface area (Å²) in [6, 6.07) is 8.14. The van der Waals surface area contributed by atoms with E-state index in [9.17, 15) is 8.42 Å². The first kappa shape index (κ1) is 13.1. The van der Waals surface area contributed by atoms with Crippen molar-refractivity contribution < 1.29 is 8.42 Å². The average Bonchev–Trinajstić information content (AvgIpc) is 2.91. The van der Waals surface area contributed by atoms with Crippen molar-refractivity contribution in [2.24, 2.45) is 5.73 Å². The van der Waals surface area contributed by atoms with Crippen LogP contribution in [-0.2, 0) is 10.0 Å². The van der Waals surface area contributed by atoms with E-state index in [1.54, 1.807) is 24.3 Å². The van der Waals surface area contributed by atoms with E-state index in [1.165, 1.54) is 12.3 Å². The Morgan fingerprint density at radius 1 is 1.37 bits per heavy atom. The molecule has 4 N–H and O–H groups in total. The Bertz CT molecular complexity index is 712. The predicted molar refractivity (Wildman–Crippen MR) is 71.8 cm³/mol. The van der Waals surface area contributed by atoms with Crippen molar-refractivity contribution in [3.63, 3.8) is 0 Å². The Morgan fingerprint density at radius 2 is 2.21 bits per heavy atom. The van der Waals surface area contributed by atoms with Crippen LogP contribution in [0.3, 0.4) is 0 Å². The van der Waals surface area contributed by atoms with Crippen LogP contribution in [0.2, 0.25) is 0 Å². The molecule has 0 atom stereocenters. The van der Waals surface area contributed by atoms with Gasteiger partial charge >= 0.3 is 0 Å². The molecule has 98 valence electrons. The van der Waals surface area contributed by atoms with Gasteiger partial charge in [-0.3, -0.25) is 9.82 Å². The molecule has 0 aliphatic heterocycles. The largest absolute Gasteiger partial charge is 0.320 e. The maximum Gasteiger partial charge on any atom is 0.278 e. The van der Waals surface area contributed by atoms with Gasteiger partial charge in [0.25, 0.3) is 10.0 Å². The van der Waals surface area contributed by atoms with Crippen LogP contribution in [0.15, 0.2) is 41.6 Å². The number of hydrogen-bond donors (Lipinski definition) is 3.